The molecule has 1 aromatic rings. The number of hydrogen-bond donors (Lipinski definition) is 1. The Kier molecular flexibility index (Phi) is 6.95. The SMILES string of the molecule is C[C@@H](C(N)=O)N(C)C(=O)N(C)c1cc(OC(F)(F)C(F)F)c(Cl)cc1Cl. The Hall–Kier alpha value is -1.94. The molecule has 0 heterocycles. The first kappa shape index (κ1) is 22.1. The molecule has 0 bridgehead atoms. The van der Waals surface area contributed by atoms with Crippen LogP contribution in [0.1, 0.15) is 6.92 Å². The molecule has 0 aliphatic heterocycles. The maximum absolute atomic E-state index is 13.1. The molecule has 0 spiro atoms. The predicted octanol–water partition coefficient (Wildman–Crippen LogP) is 3.59. The molecule has 1 aromatic carbocycles. The summed E-state index contributed by atoms with van der Waals surface area (Å²) in [6.45, 7) is 1.37. The number of anilines is 1. The first-order valence-corrected chi connectivity index (χ1v) is 7.69. The molecule has 1 rings (SSSR count). The number of hydrogen-bond acceptors (Lipinski definition) is 3. The van der Waals surface area contributed by atoms with Crippen molar-refractivity contribution in [1.29, 1.82) is 0 Å². The van der Waals surface area contributed by atoms with E-state index in [1.54, 1.807) is 0 Å². The minimum absolute atomic E-state index is 0.140. The fourth-order valence-electron chi connectivity index (χ4n) is 1.74. The van der Waals surface area contributed by atoms with Crippen molar-refractivity contribution < 1.29 is 31.9 Å². The second-order valence-electron chi connectivity index (χ2n) is 5.23. The van der Waals surface area contributed by atoms with Crippen molar-refractivity contribution >= 4 is 40.8 Å². The van der Waals surface area contributed by atoms with Gasteiger partial charge in [0.15, 0.2) is 0 Å². The Bertz CT molecular complexity index is 706. The number of alkyl halides is 4. The molecule has 6 nitrogen and oxygen atoms in total. The molecule has 26 heavy (non-hydrogen) atoms. The van der Waals surface area contributed by atoms with E-state index in [0.29, 0.717) is 0 Å². The van der Waals surface area contributed by atoms with E-state index in [-0.39, 0.29) is 10.7 Å². The normalized spacial score (nSPS) is 12.7. The number of rotatable bonds is 6. The van der Waals surface area contributed by atoms with Gasteiger partial charge in [0.25, 0.3) is 0 Å². The lowest BCUT2D eigenvalue weighted by molar-refractivity contribution is -0.253. The monoisotopic (exact) mass is 419 g/mol. The van der Waals surface area contributed by atoms with Crippen LogP contribution in [-0.2, 0) is 4.79 Å². The number of amides is 3. The number of nitrogens with zero attached hydrogens (tertiary/aromatic N) is 2. The van der Waals surface area contributed by atoms with Gasteiger partial charge < -0.3 is 15.4 Å². The lowest BCUT2D eigenvalue weighted by Gasteiger charge is -2.29. The van der Waals surface area contributed by atoms with Gasteiger partial charge in [-0.3, -0.25) is 9.69 Å². The van der Waals surface area contributed by atoms with Crippen molar-refractivity contribution in [2.45, 2.75) is 25.5 Å². The van der Waals surface area contributed by atoms with Crippen molar-refractivity contribution in [1.82, 2.24) is 4.90 Å². The molecule has 3 amide bonds. The Morgan fingerprint density at radius 2 is 1.73 bits per heavy atom. The third-order valence-electron chi connectivity index (χ3n) is 3.44. The second kappa shape index (κ2) is 8.17. The van der Waals surface area contributed by atoms with E-state index in [9.17, 15) is 27.2 Å². The number of halogens is 6. The van der Waals surface area contributed by atoms with Gasteiger partial charge >= 0.3 is 18.6 Å². The van der Waals surface area contributed by atoms with Crippen LogP contribution in [0.25, 0.3) is 0 Å². The van der Waals surface area contributed by atoms with Crippen LogP contribution >= 0.6 is 23.2 Å². The lowest BCUT2D eigenvalue weighted by atomic mass is 10.2. The number of nitrogens with two attached hydrogens (primary N) is 1. The van der Waals surface area contributed by atoms with Gasteiger partial charge in [-0.15, -0.1) is 0 Å². The fourth-order valence-corrected chi connectivity index (χ4v) is 2.29. The highest BCUT2D eigenvalue weighted by Crippen LogP contribution is 2.39. The van der Waals surface area contributed by atoms with Crippen molar-refractivity contribution in [2.24, 2.45) is 5.73 Å². The zero-order valence-electron chi connectivity index (χ0n) is 13.8. The summed E-state index contributed by atoms with van der Waals surface area (Å²) in [4.78, 5) is 25.4. The van der Waals surface area contributed by atoms with Crippen LogP contribution in [-0.4, -0.2) is 49.5 Å². The van der Waals surface area contributed by atoms with Gasteiger partial charge in [0.05, 0.1) is 15.7 Å². The number of primary amides is 1. The van der Waals surface area contributed by atoms with E-state index in [1.807, 2.05) is 0 Å². The van der Waals surface area contributed by atoms with Crippen molar-refractivity contribution in [2.75, 3.05) is 19.0 Å². The third-order valence-corrected chi connectivity index (χ3v) is 4.04. The van der Waals surface area contributed by atoms with Gasteiger partial charge in [0, 0.05) is 20.2 Å². The highest BCUT2D eigenvalue weighted by molar-refractivity contribution is 6.37. The molecule has 12 heteroatoms. The Labute approximate surface area is 156 Å². The number of likely N-dealkylation sites (N-methyl/N-ethyl adjacent to an activating group) is 1. The molecule has 1 atom stereocenters. The summed E-state index contributed by atoms with van der Waals surface area (Å²) in [6, 6.07) is 0.0140. The van der Waals surface area contributed by atoms with Gasteiger partial charge in [-0.25, -0.2) is 4.79 Å². The smallest absolute Gasteiger partial charge is 0.427 e. The van der Waals surface area contributed by atoms with E-state index >= 15 is 0 Å². The quantitative estimate of drug-likeness (QED) is 0.715. The fraction of sp³-hybridized carbons (Fsp3) is 0.429. The second-order valence-corrected chi connectivity index (χ2v) is 6.04. The summed E-state index contributed by atoms with van der Waals surface area (Å²) in [5.74, 6) is -1.58. The Balaban J connectivity index is 3.22. The Morgan fingerprint density at radius 3 is 2.19 bits per heavy atom. The average Bonchev–Trinajstić information content (AvgIpc) is 2.54. The molecular weight excluding hydrogens is 405 g/mol. The molecule has 2 N–H and O–H groups in total. The topological polar surface area (TPSA) is 75.9 Å². The largest absolute Gasteiger partial charge is 0.461 e. The molecule has 0 saturated heterocycles. The summed E-state index contributed by atoms with van der Waals surface area (Å²) in [7, 11) is 2.50. The Morgan fingerprint density at radius 1 is 1.19 bits per heavy atom. The highest BCUT2D eigenvalue weighted by Gasteiger charge is 2.44. The highest BCUT2D eigenvalue weighted by atomic mass is 35.5. The summed E-state index contributed by atoms with van der Waals surface area (Å²) in [6.07, 6.45) is -8.89. The molecule has 0 aliphatic rings. The van der Waals surface area contributed by atoms with Crippen LogP contribution in [0.5, 0.6) is 5.75 Å². The van der Waals surface area contributed by atoms with Gasteiger partial charge in [0.2, 0.25) is 5.91 Å². The van der Waals surface area contributed by atoms with Gasteiger partial charge in [-0.1, -0.05) is 23.2 Å². The minimum atomic E-state index is -4.80. The van der Waals surface area contributed by atoms with E-state index in [4.69, 9.17) is 28.9 Å². The molecule has 0 radical (unpaired) electrons. The van der Waals surface area contributed by atoms with E-state index < -0.39 is 41.3 Å². The van der Waals surface area contributed by atoms with Gasteiger partial charge in [-0.2, -0.15) is 17.6 Å². The van der Waals surface area contributed by atoms with Crippen LogP contribution in [0.3, 0.4) is 0 Å². The summed E-state index contributed by atoms with van der Waals surface area (Å²) >= 11 is 11.6. The molecule has 0 aliphatic carbocycles. The molecule has 0 fully saturated rings. The first-order valence-electron chi connectivity index (χ1n) is 6.93. The van der Waals surface area contributed by atoms with Crippen LogP contribution in [0.15, 0.2) is 12.1 Å². The van der Waals surface area contributed by atoms with Gasteiger partial charge in [0.1, 0.15) is 11.8 Å². The molecule has 0 saturated carbocycles. The van der Waals surface area contributed by atoms with Crippen molar-refractivity contribution in [3.05, 3.63) is 22.2 Å². The number of urea groups is 1. The number of ether oxygens (including phenoxy) is 1. The third kappa shape index (κ3) is 4.82. The number of carbonyl (C=O) groups is 2. The summed E-state index contributed by atoms with van der Waals surface area (Å²) in [5.41, 5.74) is 4.95. The minimum Gasteiger partial charge on any atom is -0.427 e. The molecule has 0 aromatic heterocycles. The molecule has 146 valence electrons. The zero-order chi connectivity index (χ0) is 20.4. The average molecular weight is 420 g/mol. The van der Waals surface area contributed by atoms with Crippen LogP contribution in [0, 0.1) is 0 Å². The summed E-state index contributed by atoms with van der Waals surface area (Å²) in [5, 5.41) is -0.600. The van der Waals surface area contributed by atoms with E-state index in [0.717, 1.165) is 21.9 Å². The summed E-state index contributed by atoms with van der Waals surface area (Å²) < 4.78 is 54.8. The van der Waals surface area contributed by atoms with Crippen LogP contribution in [0.2, 0.25) is 10.0 Å². The van der Waals surface area contributed by atoms with Crippen LogP contribution in [0.4, 0.5) is 28.0 Å². The van der Waals surface area contributed by atoms with Crippen LogP contribution < -0.4 is 15.4 Å². The number of carbonyl (C=O) groups excluding carboxylic acids is 2. The zero-order valence-corrected chi connectivity index (χ0v) is 15.3. The van der Waals surface area contributed by atoms with E-state index in [1.165, 1.54) is 21.0 Å². The lowest BCUT2D eigenvalue weighted by Crippen LogP contribution is -2.48. The molecule has 0 unspecified atom stereocenters. The van der Waals surface area contributed by atoms with E-state index in [2.05, 4.69) is 4.74 Å². The maximum atomic E-state index is 13.1. The standard InChI is InChI=1S/C14H15Cl2F4N3O3/c1-6(11(21)24)22(2)13(25)23(3)9-5-10(8(16)4-7(9)15)26-14(19,20)12(17)18/h4-6,12H,1-3H3,(H2,21,24)/t6-/m0/s1. The number of benzene rings is 1. The van der Waals surface area contributed by atoms with Crippen molar-refractivity contribution in [3.8, 4) is 5.75 Å². The van der Waals surface area contributed by atoms with Gasteiger partial charge in [-0.05, 0) is 13.0 Å². The first-order chi connectivity index (χ1) is 11.8. The predicted molar refractivity (Wildman–Crippen MR) is 88.3 cm³/mol. The van der Waals surface area contributed by atoms with Crippen molar-refractivity contribution in [3.63, 3.8) is 0 Å². The molecular formula is C14H15Cl2F4N3O3. The maximum Gasteiger partial charge on any atom is 0.461 e.